The molecule has 1 rings (SSSR count). The van der Waals surface area contributed by atoms with Gasteiger partial charge in [-0.15, -0.1) is 11.8 Å². The largest absolute Gasteiger partial charge is 0.355 e. The third kappa shape index (κ3) is 6.29. The Bertz CT molecular complexity index is 435. The third-order valence-electron chi connectivity index (χ3n) is 2.47. The fourth-order valence-corrected chi connectivity index (χ4v) is 2.28. The molecule has 2 amide bonds. The van der Waals surface area contributed by atoms with Crippen LogP contribution in [0.1, 0.15) is 18.9 Å². The molecular weight excluding hydrogens is 260 g/mol. The summed E-state index contributed by atoms with van der Waals surface area (Å²) in [6, 6.07) is 7.92. The number of rotatable bonds is 7. The van der Waals surface area contributed by atoms with Gasteiger partial charge >= 0.3 is 0 Å². The maximum atomic E-state index is 11.6. The molecule has 0 aliphatic rings. The molecular formula is C14H20N2O2S. The topological polar surface area (TPSA) is 58.2 Å². The van der Waals surface area contributed by atoms with Gasteiger partial charge in [0.25, 0.3) is 0 Å². The van der Waals surface area contributed by atoms with Crippen molar-refractivity contribution < 1.29 is 9.59 Å². The second-order valence-electron chi connectivity index (χ2n) is 4.18. The zero-order chi connectivity index (χ0) is 14.1. The van der Waals surface area contributed by atoms with Crippen LogP contribution in [-0.4, -0.2) is 30.7 Å². The fourth-order valence-electron chi connectivity index (χ4n) is 1.42. The molecule has 0 saturated heterocycles. The number of hydrogen-bond donors (Lipinski definition) is 2. The van der Waals surface area contributed by atoms with Crippen molar-refractivity contribution in [3.05, 3.63) is 29.8 Å². The van der Waals surface area contributed by atoms with E-state index in [1.54, 1.807) is 0 Å². The lowest BCUT2D eigenvalue weighted by Crippen LogP contribution is -2.37. The number of aryl methyl sites for hydroxylation is 1. The van der Waals surface area contributed by atoms with Gasteiger partial charge in [0.2, 0.25) is 11.8 Å². The highest BCUT2D eigenvalue weighted by molar-refractivity contribution is 8.00. The lowest BCUT2D eigenvalue weighted by Gasteiger charge is -2.07. The van der Waals surface area contributed by atoms with Crippen molar-refractivity contribution in [3.8, 4) is 0 Å². The average Bonchev–Trinajstić information content (AvgIpc) is 2.42. The molecule has 1 aromatic carbocycles. The maximum absolute atomic E-state index is 11.6. The number of carbonyl (C=O) groups is 2. The number of thioether (sulfide) groups is 1. The Hall–Kier alpha value is -1.49. The van der Waals surface area contributed by atoms with Crippen LogP contribution in [0.25, 0.3) is 0 Å². The molecule has 0 spiro atoms. The zero-order valence-electron chi connectivity index (χ0n) is 11.4. The average molecular weight is 280 g/mol. The number of benzene rings is 1. The van der Waals surface area contributed by atoms with Crippen LogP contribution < -0.4 is 10.6 Å². The van der Waals surface area contributed by atoms with E-state index in [1.165, 1.54) is 11.8 Å². The highest BCUT2D eigenvalue weighted by Crippen LogP contribution is 2.21. The van der Waals surface area contributed by atoms with E-state index in [9.17, 15) is 9.59 Å². The van der Waals surface area contributed by atoms with Crippen LogP contribution in [0.15, 0.2) is 29.2 Å². The van der Waals surface area contributed by atoms with Crippen molar-refractivity contribution in [2.24, 2.45) is 0 Å². The van der Waals surface area contributed by atoms with Gasteiger partial charge in [0.1, 0.15) is 0 Å². The van der Waals surface area contributed by atoms with E-state index in [4.69, 9.17) is 0 Å². The Morgan fingerprint density at radius 1 is 1.16 bits per heavy atom. The quantitative estimate of drug-likeness (QED) is 0.748. The van der Waals surface area contributed by atoms with Crippen molar-refractivity contribution in [2.45, 2.75) is 25.2 Å². The molecule has 0 aliphatic heterocycles. The molecule has 0 atom stereocenters. The molecule has 5 heteroatoms. The van der Waals surface area contributed by atoms with E-state index in [2.05, 4.69) is 10.6 Å². The summed E-state index contributed by atoms with van der Waals surface area (Å²) in [5.74, 6) is 0.0577. The first kappa shape index (κ1) is 15.6. The SMILES string of the molecule is CCCNC(=O)CNC(=O)CSc1ccccc1C. The van der Waals surface area contributed by atoms with Crippen LogP contribution in [0.2, 0.25) is 0 Å². The van der Waals surface area contributed by atoms with Gasteiger partial charge in [-0.2, -0.15) is 0 Å². The number of carbonyl (C=O) groups excluding carboxylic acids is 2. The zero-order valence-corrected chi connectivity index (χ0v) is 12.2. The fraction of sp³-hybridized carbons (Fsp3) is 0.429. The van der Waals surface area contributed by atoms with E-state index in [1.807, 2.05) is 38.1 Å². The molecule has 0 unspecified atom stereocenters. The highest BCUT2D eigenvalue weighted by atomic mass is 32.2. The van der Waals surface area contributed by atoms with Gasteiger partial charge in [-0.25, -0.2) is 0 Å². The monoisotopic (exact) mass is 280 g/mol. The van der Waals surface area contributed by atoms with Gasteiger partial charge in [0.05, 0.1) is 12.3 Å². The van der Waals surface area contributed by atoms with Crippen molar-refractivity contribution in [1.82, 2.24) is 10.6 Å². The van der Waals surface area contributed by atoms with Crippen LogP contribution >= 0.6 is 11.8 Å². The van der Waals surface area contributed by atoms with Crippen molar-refractivity contribution >= 4 is 23.6 Å². The molecule has 1 aromatic rings. The second kappa shape index (κ2) is 8.58. The van der Waals surface area contributed by atoms with Gasteiger partial charge in [-0.1, -0.05) is 25.1 Å². The summed E-state index contributed by atoms with van der Waals surface area (Å²) < 4.78 is 0. The van der Waals surface area contributed by atoms with Crippen LogP contribution in [0.5, 0.6) is 0 Å². The summed E-state index contributed by atoms with van der Waals surface area (Å²) in [6.07, 6.45) is 0.892. The molecule has 0 aromatic heterocycles. The van der Waals surface area contributed by atoms with Gasteiger partial charge < -0.3 is 10.6 Å². The van der Waals surface area contributed by atoms with Gasteiger partial charge in [0.15, 0.2) is 0 Å². The number of amides is 2. The molecule has 0 fully saturated rings. The van der Waals surface area contributed by atoms with Gasteiger partial charge in [-0.05, 0) is 25.0 Å². The predicted octanol–water partition coefficient (Wildman–Crippen LogP) is 1.73. The molecule has 0 heterocycles. The Morgan fingerprint density at radius 2 is 1.89 bits per heavy atom. The number of nitrogens with one attached hydrogen (secondary N) is 2. The van der Waals surface area contributed by atoms with Crippen molar-refractivity contribution in [2.75, 3.05) is 18.8 Å². The summed E-state index contributed by atoms with van der Waals surface area (Å²) in [6.45, 7) is 4.69. The minimum atomic E-state index is -0.143. The lowest BCUT2D eigenvalue weighted by atomic mass is 10.2. The maximum Gasteiger partial charge on any atom is 0.239 e. The van der Waals surface area contributed by atoms with E-state index >= 15 is 0 Å². The van der Waals surface area contributed by atoms with E-state index < -0.39 is 0 Å². The van der Waals surface area contributed by atoms with Crippen LogP contribution in [0.3, 0.4) is 0 Å². The van der Waals surface area contributed by atoms with Gasteiger partial charge in [0, 0.05) is 11.4 Å². The lowest BCUT2D eigenvalue weighted by molar-refractivity contribution is -0.124. The Kier molecular flexibility index (Phi) is 7.03. The third-order valence-corrected chi connectivity index (χ3v) is 3.65. The van der Waals surface area contributed by atoms with E-state index in [0.717, 1.165) is 16.9 Å². The van der Waals surface area contributed by atoms with Crippen LogP contribution in [0.4, 0.5) is 0 Å². The Morgan fingerprint density at radius 3 is 2.58 bits per heavy atom. The smallest absolute Gasteiger partial charge is 0.239 e. The predicted molar refractivity (Wildman–Crippen MR) is 78.2 cm³/mol. The minimum absolute atomic E-state index is 0.0488. The Balaban J connectivity index is 2.25. The first-order chi connectivity index (χ1) is 9.13. The summed E-state index contributed by atoms with van der Waals surface area (Å²) in [7, 11) is 0. The van der Waals surface area contributed by atoms with Crippen LogP contribution in [0, 0.1) is 6.92 Å². The molecule has 0 aliphatic carbocycles. The van der Waals surface area contributed by atoms with Crippen molar-refractivity contribution in [1.29, 1.82) is 0 Å². The molecule has 0 saturated carbocycles. The van der Waals surface area contributed by atoms with E-state index in [0.29, 0.717) is 12.3 Å². The summed E-state index contributed by atoms with van der Waals surface area (Å²) >= 11 is 1.48. The number of hydrogen-bond acceptors (Lipinski definition) is 3. The van der Waals surface area contributed by atoms with Gasteiger partial charge in [-0.3, -0.25) is 9.59 Å². The molecule has 0 radical (unpaired) electrons. The molecule has 2 N–H and O–H groups in total. The minimum Gasteiger partial charge on any atom is -0.355 e. The summed E-state index contributed by atoms with van der Waals surface area (Å²) in [4.78, 5) is 24.0. The second-order valence-corrected chi connectivity index (χ2v) is 5.20. The Labute approximate surface area is 118 Å². The first-order valence-corrected chi connectivity index (χ1v) is 7.34. The van der Waals surface area contributed by atoms with Crippen molar-refractivity contribution in [3.63, 3.8) is 0 Å². The summed E-state index contributed by atoms with van der Waals surface area (Å²) in [5.41, 5.74) is 1.15. The molecule has 0 bridgehead atoms. The summed E-state index contributed by atoms with van der Waals surface area (Å²) in [5, 5.41) is 5.32. The molecule has 104 valence electrons. The molecule has 19 heavy (non-hydrogen) atoms. The standard InChI is InChI=1S/C14H20N2O2S/c1-3-8-15-13(17)9-16-14(18)10-19-12-7-5-4-6-11(12)2/h4-7H,3,8-10H2,1-2H3,(H,15,17)(H,16,18). The van der Waals surface area contributed by atoms with E-state index in [-0.39, 0.29) is 18.4 Å². The normalized spacial score (nSPS) is 10.0. The van der Waals surface area contributed by atoms with Crippen LogP contribution in [-0.2, 0) is 9.59 Å². The molecule has 4 nitrogen and oxygen atoms in total. The first-order valence-electron chi connectivity index (χ1n) is 6.35. The highest BCUT2D eigenvalue weighted by Gasteiger charge is 2.06.